The summed E-state index contributed by atoms with van der Waals surface area (Å²) in [7, 11) is -3.72. The van der Waals surface area contributed by atoms with Crippen molar-refractivity contribution in [2.45, 2.75) is 30.7 Å². The first-order valence-electron chi connectivity index (χ1n) is 7.16. The quantitative estimate of drug-likeness (QED) is 0.777. The molecule has 0 unspecified atom stereocenters. The van der Waals surface area contributed by atoms with E-state index < -0.39 is 22.0 Å². The highest BCUT2D eigenvalue weighted by atomic mass is 32.2. The van der Waals surface area contributed by atoms with E-state index in [2.05, 4.69) is 4.72 Å². The second kappa shape index (κ2) is 7.72. The van der Waals surface area contributed by atoms with E-state index in [4.69, 9.17) is 4.74 Å². The number of benzene rings is 1. The maximum Gasteiger partial charge on any atom is 0.324 e. The fourth-order valence-electron chi connectivity index (χ4n) is 1.92. The van der Waals surface area contributed by atoms with Crippen LogP contribution in [0.3, 0.4) is 0 Å². The Morgan fingerprint density at radius 2 is 1.87 bits per heavy atom. The van der Waals surface area contributed by atoms with Gasteiger partial charge in [0, 0.05) is 0 Å². The largest absolute Gasteiger partial charge is 0.460 e. The summed E-state index contributed by atoms with van der Waals surface area (Å²) in [5.41, 5.74) is 0.851. The van der Waals surface area contributed by atoms with Crippen LogP contribution < -0.4 is 4.72 Å². The van der Waals surface area contributed by atoms with Gasteiger partial charge in [-0.1, -0.05) is 50.2 Å². The van der Waals surface area contributed by atoms with Crippen LogP contribution in [-0.4, -0.2) is 20.4 Å². The molecule has 1 aromatic carbocycles. The number of carbonyl (C=O) groups excluding carboxylic acids is 1. The molecule has 0 aliphatic carbocycles. The van der Waals surface area contributed by atoms with E-state index in [0.717, 1.165) is 16.9 Å². The number of esters is 1. The van der Waals surface area contributed by atoms with Crippen molar-refractivity contribution in [1.29, 1.82) is 0 Å². The molecule has 2 rings (SSSR count). The number of rotatable bonds is 7. The van der Waals surface area contributed by atoms with Crippen LogP contribution >= 0.6 is 11.3 Å². The van der Waals surface area contributed by atoms with Gasteiger partial charge in [-0.05, 0) is 22.9 Å². The summed E-state index contributed by atoms with van der Waals surface area (Å²) in [6, 6.07) is 11.5. The van der Waals surface area contributed by atoms with Crippen LogP contribution in [0.5, 0.6) is 0 Å². The highest BCUT2D eigenvalue weighted by Gasteiger charge is 2.30. The molecule has 7 heteroatoms. The van der Waals surface area contributed by atoms with E-state index in [1.54, 1.807) is 25.3 Å². The van der Waals surface area contributed by atoms with Gasteiger partial charge in [-0.3, -0.25) is 4.79 Å². The summed E-state index contributed by atoms with van der Waals surface area (Å²) in [5.74, 6) is -0.808. The predicted octanol–water partition coefficient (Wildman–Crippen LogP) is 2.79. The van der Waals surface area contributed by atoms with Gasteiger partial charge in [-0.15, -0.1) is 11.3 Å². The molecule has 0 saturated carbocycles. The zero-order chi connectivity index (χ0) is 16.9. The molecule has 1 aromatic heterocycles. The normalized spacial score (nSPS) is 13.0. The molecule has 0 saturated heterocycles. The Morgan fingerprint density at radius 1 is 1.17 bits per heavy atom. The first kappa shape index (κ1) is 17.7. The smallest absolute Gasteiger partial charge is 0.324 e. The maximum absolute atomic E-state index is 12.3. The first-order chi connectivity index (χ1) is 10.9. The van der Waals surface area contributed by atoms with E-state index in [1.165, 1.54) is 6.07 Å². The average Bonchev–Trinajstić information content (AvgIpc) is 3.06. The molecule has 124 valence electrons. The Balaban J connectivity index is 2.05. The molecule has 2 aromatic rings. The van der Waals surface area contributed by atoms with Crippen molar-refractivity contribution in [1.82, 2.24) is 4.72 Å². The Hall–Kier alpha value is -1.70. The number of nitrogens with one attached hydrogen (secondary N) is 1. The van der Waals surface area contributed by atoms with Crippen LogP contribution in [0.2, 0.25) is 0 Å². The molecule has 0 fully saturated rings. The second-order valence-electron chi connectivity index (χ2n) is 5.37. The third-order valence-corrected chi connectivity index (χ3v) is 6.03. The molecule has 23 heavy (non-hydrogen) atoms. The highest BCUT2D eigenvalue weighted by molar-refractivity contribution is 7.91. The Morgan fingerprint density at radius 3 is 2.43 bits per heavy atom. The standard InChI is InChI=1S/C16H19NO4S2/c1-12(2)15(17-23(19,20)14-9-6-10-22-14)16(18)21-11-13-7-4-3-5-8-13/h3-10,12,15,17H,11H2,1-2H3/t15-/m1/s1. The van der Waals surface area contributed by atoms with Gasteiger partial charge in [-0.2, -0.15) is 4.72 Å². The van der Waals surface area contributed by atoms with Gasteiger partial charge >= 0.3 is 5.97 Å². The summed E-state index contributed by atoms with van der Waals surface area (Å²) in [6.45, 7) is 3.65. The van der Waals surface area contributed by atoms with E-state index in [1.807, 2.05) is 30.3 Å². The van der Waals surface area contributed by atoms with Gasteiger partial charge in [0.15, 0.2) is 0 Å². The fourth-order valence-corrected chi connectivity index (χ4v) is 4.26. The van der Waals surface area contributed by atoms with Crippen LogP contribution in [0.25, 0.3) is 0 Å². The Kier molecular flexibility index (Phi) is 5.92. The van der Waals surface area contributed by atoms with Crippen LogP contribution in [0.4, 0.5) is 0 Å². The van der Waals surface area contributed by atoms with Crippen molar-refractivity contribution >= 4 is 27.3 Å². The predicted molar refractivity (Wildman–Crippen MR) is 89.5 cm³/mol. The summed E-state index contributed by atoms with van der Waals surface area (Å²) in [5, 5.41) is 1.67. The molecule has 1 atom stereocenters. The molecule has 0 radical (unpaired) electrons. The lowest BCUT2D eigenvalue weighted by atomic mass is 10.1. The molecule has 0 bridgehead atoms. The molecular formula is C16H19NO4S2. The Bertz CT molecular complexity index is 725. The van der Waals surface area contributed by atoms with Gasteiger partial charge in [0.1, 0.15) is 16.9 Å². The third kappa shape index (κ3) is 4.89. The van der Waals surface area contributed by atoms with Crippen LogP contribution in [0.15, 0.2) is 52.1 Å². The van der Waals surface area contributed by atoms with Crippen molar-refractivity contribution in [2.75, 3.05) is 0 Å². The van der Waals surface area contributed by atoms with E-state index in [0.29, 0.717) is 0 Å². The molecule has 5 nitrogen and oxygen atoms in total. The lowest BCUT2D eigenvalue weighted by Gasteiger charge is -2.20. The van der Waals surface area contributed by atoms with Crippen LogP contribution in [-0.2, 0) is 26.2 Å². The van der Waals surface area contributed by atoms with Gasteiger partial charge in [0.25, 0.3) is 10.0 Å². The highest BCUT2D eigenvalue weighted by Crippen LogP contribution is 2.18. The summed E-state index contributed by atoms with van der Waals surface area (Å²) in [4.78, 5) is 12.3. The van der Waals surface area contributed by atoms with Crippen LogP contribution in [0, 0.1) is 5.92 Å². The molecular weight excluding hydrogens is 334 g/mol. The number of ether oxygens (including phenoxy) is 1. The molecule has 0 aliphatic heterocycles. The Labute approximate surface area is 140 Å². The van der Waals surface area contributed by atoms with Crippen molar-refractivity contribution in [3.05, 3.63) is 53.4 Å². The van der Waals surface area contributed by atoms with E-state index in [9.17, 15) is 13.2 Å². The minimum absolute atomic E-state index is 0.115. The van der Waals surface area contributed by atoms with Crippen molar-refractivity contribution < 1.29 is 17.9 Å². The van der Waals surface area contributed by atoms with Crippen molar-refractivity contribution in [3.8, 4) is 0 Å². The lowest BCUT2D eigenvalue weighted by molar-refractivity contribution is -0.148. The molecule has 0 aliphatic rings. The van der Waals surface area contributed by atoms with E-state index in [-0.39, 0.29) is 16.7 Å². The first-order valence-corrected chi connectivity index (χ1v) is 9.53. The number of hydrogen-bond donors (Lipinski definition) is 1. The summed E-state index contributed by atoms with van der Waals surface area (Å²) >= 11 is 1.10. The van der Waals surface area contributed by atoms with Crippen molar-refractivity contribution in [3.63, 3.8) is 0 Å². The number of sulfonamides is 1. The van der Waals surface area contributed by atoms with Gasteiger partial charge in [-0.25, -0.2) is 8.42 Å². The topological polar surface area (TPSA) is 72.5 Å². The number of thiophene rings is 1. The SMILES string of the molecule is CC(C)[C@@H](NS(=O)(=O)c1cccs1)C(=O)OCc1ccccc1. The monoisotopic (exact) mass is 353 g/mol. The van der Waals surface area contributed by atoms with Crippen LogP contribution in [0.1, 0.15) is 19.4 Å². The number of carbonyl (C=O) groups is 1. The van der Waals surface area contributed by atoms with Gasteiger partial charge < -0.3 is 4.74 Å². The molecule has 1 N–H and O–H groups in total. The third-order valence-electron chi connectivity index (χ3n) is 3.19. The van der Waals surface area contributed by atoms with Gasteiger partial charge in [0.05, 0.1) is 0 Å². The molecule has 0 spiro atoms. The lowest BCUT2D eigenvalue weighted by Crippen LogP contribution is -2.45. The fraction of sp³-hybridized carbons (Fsp3) is 0.312. The number of hydrogen-bond acceptors (Lipinski definition) is 5. The molecule has 1 heterocycles. The zero-order valence-corrected chi connectivity index (χ0v) is 14.6. The second-order valence-corrected chi connectivity index (χ2v) is 8.26. The minimum atomic E-state index is -3.72. The van der Waals surface area contributed by atoms with E-state index >= 15 is 0 Å². The minimum Gasteiger partial charge on any atom is -0.460 e. The van der Waals surface area contributed by atoms with Crippen molar-refractivity contribution in [2.24, 2.45) is 5.92 Å². The average molecular weight is 353 g/mol. The summed E-state index contributed by atoms with van der Waals surface area (Å²) < 4.78 is 32.4. The molecule has 0 amide bonds. The maximum atomic E-state index is 12.3. The zero-order valence-electron chi connectivity index (χ0n) is 12.9. The van der Waals surface area contributed by atoms with Gasteiger partial charge in [0.2, 0.25) is 0 Å². The summed E-state index contributed by atoms with van der Waals surface area (Å²) in [6.07, 6.45) is 0.